The van der Waals surface area contributed by atoms with E-state index in [1.807, 2.05) is 4.90 Å². The van der Waals surface area contributed by atoms with Crippen molar-refractivity contribution in [2.45, 2.75) is 19.1 Å². The van der Waals surface area contributed by atoms with E-state index in [4.69, 9.17) is 5.73 Å². The fourth-order valence-electron chi connectivity index (χ4n) is 2.57. The van der Waals surface area contributed by atoms with Gasteiger partial charge in [0.1, 0.15) is 0 Å². The van der Waals surface area contributed by atoms with Gasteiger partial charge in [0.15, 0.2) is 6.04 Å². The van der Waals surface area contributed by atoms with Crippen molar-refractivity contribution in [1.82, 2.24) is 0 Å². The number of anilines is 1. The van der Waals surface area contributed by atoms with Crippen molar-refractivity contribution in [2.24, 2.45) is 5.73 Å². The summed E-state index contributed by atoms with van der Waals surface area (Å²) in [6.45, 7) is 4.35. The molecule has 0 aliphatic carbocycles. The van der Waals surface area contributed by atoms with Gasteiger partial charge in [0.25, 0.3) is 5.91 Å². The van der Waals surface area contributed by atoms with Crippen molar-refractivity contribution in [2.75, 3.05) is 31.1 Å². The molecule has 116 valence electrons. The van der Waals surface area contributed by atoms with Gasteiger partial charge in [0.05, 0.1) is 31.7 Å². The van der Waals surface area contributed by atoms with Gasteiger partial charge in [-0.1, -0.05) is 6.07 Å². The number of halogens is 3. The van der Waals surface area contributed by atoms with Crippen LogP contribution < -0.4 is 15.5 Å². The van der Waals surface area contributed by atoms with Crippen molar-refractivity contribution < 1.29 is 22.9 Å². The molecule has 3 N–H and O–H groups in total. The van der Waals surface area contributed by atoms with Crippen LogP contribution in [-0.2, 0) is 11.0 Å². The molecule has 1 saturated heterocycles. The number of benzene rings is 1. The molecule has 0 aromatic heterocycles. The first kappa shape index (κ1) is 15.6. The van der Waals surface area contributed by atoms with Gasteiger partial charge in [-0.2, -0.15) is 13.2 Å². The molecule has 1 aliphatic rings. The van der Waals surface area contributed by atoms with Crippen LogP contribution >= 0.6 is 0 Å². The number of nitrogens with zero attached hydrogens (tertiary/aromatic N) is 1. The van der Waals surface area contributed by atoms with E-state index in [9.17, 15) is 18.0 Å². The second-order valence-electron chi connectivity index (χ2n) is 5.32. The first-order chi connectivity index (χ1) is 9.79. The molecule has 1 fully saturated rings. The number of amides is 1. The number of piperazine rings is 1. The van der Waals surface area contributed by atoms with Crippen LogP contribution in [0, 0.1) is 0 Å². The van der Waals surface area contributed by atoms with Crippen molar-refractivity contribution in [3.63, 3.8) is 0 Å². The van der Waals surface area contributed by atoms with E-state index in [0.717, 1.165) is 11.0 Å². The molecule has 7 heteroatoms. The molecule has 0 spiro atoms. The molecule has 4 nitrogen and oxygen atoms in total. The standard InChI is InChI=1S/C14H18F3N3O/c1-10(13(18)21)19-5-7-20(8-6-19)12-4-2-3-11(9-12)14(15,16)17/h2-4,9-10H,5-8H2,1H3,(H2,18,21)/p+1/t10-/m1/s1. The summed E-state index contributed by atoms with van der Waals surface area (Å²) >= 11 is 0. The number of quaternary nitrogens is 1. The number of rotatable bonds is 3. The predicted octanol–water partition coefficient (Wildman–Crippen LogP) is 0.284. The van der Waals surface area contributed by atoms with Crippen LogP contribution in [0.25, 0.3) is 0 Å². The van der Waals surface area contributed by atoms with Gasteiger partial charge in [0.2, 0.25) is 0 Å². The largest absolute Gasteiger partial charge is 0.416 e. The second kappa shape index (κ2) is 5.93. The molecular weight excluding hydrogens is 283 g/mol. The van der Waals surface area contributed by atoms with E-state index in [1.54, 1.807) is 13.0 Å². The minimum atomic E-state index is -4.33. The van der Waals surface area contributed by atoms with Crippen LogP contribution in [0.15, 0.2) is 24.3 Å². The molecule has 0 radical (unpaired) electrons. The summed E-state index contributed by atoms with van der Waals surface area (Å²) in [6, 6.07) is 5.07. The smallest absolute Gasteiger partial charge is 0.365 e. The van der Waals surface area contributed by atoms with Crippen molar-refractivity contribution in [3.05, 3.63) is 29.8 Å². The number of nitrogens with two attached hydrogens (primary N) is 1. The fourth-order valence-corrected chi connectivity index (χ4v) is 2.57. The summed E-state index contributed by atoms with van der Waals surface area (Å²) in [5.74, 6) is -0.350. The lowest BCUT2D eigenvalue weighted by molar-refractivity contribution is -0.914. The summed E-state index contributed by atoms with van der Waals surface area (Å²) in [4.78, 5) is 14.2. The van der Waals surface area contributed by atoms with Gasteiger partial charge in [0, 0.05) is 5.69 Å². The lowest BCUT2D eigenvalue weighted by Crippen LogP contribution is -3.19. The quantitative estimate of drug-likeness (QED) is 0.843. The molecule has 1 aliphatic heterocycles. The lowest BCUT2D eigenvalue weighted by atomic mass is 10.1. The molecule has 1 aromatic rings. The number of nitrogens with one attached hydrogen (secondary N) is 1. The topological polar surface area (TPSA) is 50.8 Å². The summed E-state index contributed by atoms with van der Waals surface area (Å²) < 4.78 is 38.2. The lowest BCUT2D eigenvalue weighted by Gasteiger charge is -2.35. The first-order valence-electron chi connectivity index (χ1n) is 6.85. The number of primary amides is 1. The molecule has 1 amide bonds. The third-order valence-corrected chi connectivity index (χ3v) is 3.98. The number of hydrogen-bond donors (Lipinski definition) is 2. The third-order valence-electron chi connectivity index (χ3n) is 3.98. The highest BCUT2D eigenvalue weighted by molar-refractivity contribution is 5.77. The zero-order valence-corrected chi connectivity index (χ0v) is 11.8. The molecule has 0 unspecified atom stereocenters. The van der Waals surface area contributed by atoms with E-state index < -0.39 is 11.7 Å². The van der Waals surface area contributed by atoms with Gasteiger partial charge in [-0.05, 0) is 25.1 Å². The monoisotopic (exact) mass is 302 g/mol. The number of hydrogen-bond acceptors (Lipinski definition) is 2. The fraction of sp³-hybridized carbons (Fsp3) is 0.500. The molecule has 0 saturated carbocycles. The summed E-state index contributed by atoms with van der Waals surface area (Å²) in [7, 11) is 0. The highest BCUT2D eigenvalue weighted by atomic mass is 19.4. The highest BCUT2D eigenvalue weighted by Crippen LogP contribution is 2.31. The van der Waals surface area contributed by atoms with Gasteiger partial charge in [-0.15, -0.1) is 0 Å². The van der Waals surface area contributed by atoms with Gasteiger partial charge < -0.3 is 15.5 Å². The minimum Gasteiger partial charge on any atom is -0.365 e. The van der Waals surface area contributed by atoms with Crippen molar-refractivity contribution in [1.29, 1.82) is 0 Å². The highest BCUT2D eigenvalue weighted by Gasteiger charge is 2.32. The van der Waals surface area contributed by atoms with Gasteiger partial charge in [-0.3, -0.25) is 4.79 Å². The number of carbonyl (C=O) groups excluding carboxylic acids is 1. The Morgan fingerprint density at radius 1 is 1.33 bits per heavy atom. The molecule has 1 aromatic carbocycles. The Kier molecular flexibility index (Phi) is 4.41. The minimum absolute atomic E-state index is 0.270. The number of carbonyl (C=O) groups is 1. The molecular formula is C14H19F3N3O+. The Morgan fingerprint density at radius 2 is 1.95 bits per heavy atom. The number of alkyl halides is 3. The molecule has 2 rings (SSSR count). The zero-order valence-electron chi connectivity index (χ0n) is 11.8. The average molecular weight is 302 g/mol. The average Bonchev–Trinajstić information content (AvgIpc) is 2.46. The van der Waals surface area contributed by atoms with E-state index in [1.165, 1.54) is 12.1 Å². The van der Waals surface area contributed by atoms with E-state index >= 15 is 0 Å². The Balaban J connectivity index is 2.04. The Hall–Kier alpha value is -1.76. The third kappa shape index (κ3) is 3.66. The van der Waals surface area contributed by atoms with E-state index in [2.05, 4.69) is 0 Å². The summed E-state index contributed by atoms with van der Waals surface area (Å²) in [5.41, 5.74) is 5.21. The molecule has 21 heavy (non-hydrogen) atoms. The summed E-state index contributed by atoms with van der Waals surface area (Å²) in [6.07, 6.45) is -4.33. The van der Waals surface area contributed by atoms with Crippen LogP contribution in [0.2, 0.25) is 0 Å². The SMILES string of the molecule is C[C@H](C(N)=O)[NH+]1CCN(c2cccc(C(F)(F)F)c2)CC1. The van der Waals surface area contributed by atoms with E-state index in [-0.39, 0.29) is 11.9 Å². The summed E-state index contributed by atoms with van der Waals surface area (Å²) in [5, 5.41) is 0. The Bertz CT molecular complexity index is 510. The zero-order chi connectivity index (χ0) is 15.6. The predicted molar refractivity (Wildman–Crippen MR) is 73.0 cm³/mol. The van der Waals surface area contributed by atoms with Crippen LogP contribution in [0.5, 0.6) is 0 Å². The maximum atomic E-state index is 12.7. The maximum absolute atomic E-state index is 12.7. The molecule has 1 heterocycles. The Morgan fingerprint density at radius 3 is 2.48 bits per heavy atom. The van der Waals surface area contributed by atoms with Crippen LogP contribution in [0.4, 0.5) is 18.9 Å². The van der Waals surface area contributed by atoms with Gasteiger partial charge in [-0.25, -0.2) is 0 Å². The second-order valence-corrected chi connectivity index (χ2v) is 5.32. The normalized spacial score (nSPS) is 18.6. The van der Waals surface area contributed by atoms with E-state index in [0.29, 0.717) is 31.9 Å². The first-order valence-corrected chi connectivity index (χ1v) is 6.85. The maximum Gasteiger partial charge on any atom is 0.416 e. The molecule has 1 atom stereocenters. The van der Waals surface area contributed by atoms with Crippen LogP contribution in [0.3, 0.4) is 0 Å². The van der Waals surface area contributed by atoms with Crippen LogP contribution in [-0.4, -0.2) is 38.1 Å². The van der Waals surface area contributed by atoms with Gasteiger partial charge >= 0.3 is 6.18 Å². The molecule has 0 bridgehead atoms. The Labute approximate surface area is 121 Å². The van der Waals surface area contributed by atoms with Crippen molar-refractivity contribution in [3.8, 4) is 0 Å². The van der Waals surface area contributed by atoms with Crippen molar-refractivity contribution >= 4 is 11.6 Å². The van der Waals surface area contributed by atoms with Crippen LogP contribution in [0.1, 0.15) is 12.5 Å².